The number of amides is 11. The Labute approximate surface area is 570 Å². The lowest BCUT2D eigenvalue weighted by Gasteiger charge is -2.41. The molecule has 0 saturated carbocycles. The van der Waals surface area contributed by atoms with Gasteiger partial charge in [0, 0.05) is 62.5 Å². The molecule has 5 N–H and O–H groups in total. The van der Waals surface area contributed by atoms with E-state index in [9.17, 15) is 29.1 Å². The van der Waals surface area contributed by atoms with Crippen LogP contribution in [0.3, 0.4) is 0 Å². The van der Waals surface area contributed by atoms with Crippen LogP contribution in [0, 0.1) is 41.4 Å². The second kappa shape index (κ2) is 41.1. The second-order valence-corrected chi connectivity index (χ2v) is 28.8. The molecule has 25 nitrogen and oxygen atoms in total. The molecule has 0 spiro atoms. The van der Waals surface area contributed by atoms with Crippen LogP contribution in [-0.4, -0.2) is 264 Å². The molecule has 1 heterocycles. The summed E-state index contributed by atoms with van der Waals surface area (Å²) in [4.78, 5) is 175. The minimum absolute atomic E-state index is 0.0213. The van der Waals surface area contributed by atoms with E-state index >= 15 is 28.8 Å². The third-order valence-electron chi connectivity index (χ3n) is 18.3. The normalized spacial score (nSPS) is 26.2. The number of allylic oxidation sites excluding steroid dienone is 2. The molecular weight excluding hydrogens is 1220 g/mol. The Morgan fingerprint density at radius 2 is 0.874 bits per heavy atom. The van der Waals surface area contributed by atoms with Crippen molar-refractivity contribution in [2.24, 2.45) is 41.4 Å². The van der Waals surface area contributed by atoms with Gasteiger partial charge in [0.1, 0.15) is 66.5 Å². The predicted molar refractivity (Wildman–Crippen MR) is 371 cm³/mol. The van der Waals surface area contributed by atoms with Crippen LogP contribution in [0.25, 0.3) is 0 Å². The van der Waals surface area contributed by atoms with Crippen LogP contribution in [0.1, 0.15) is 176 Å². The summed E-state index contributed by atoms with van der Waals surface area (Å²) in [7, 11) is 9.99. The van der Waals surface area contributed by atoms with Crippen molar-refractivity contribution in [1.29, 1.82) is 0 Å². The Bertz CT molecular complexity index is 2540. The van der Waals surface area contributed by atoms with E-state index in [0.29, 0.717) is 19.4 Å². The van der Waals surface area contributed by atoms with Crippen LogP contribution < -0.4 is 21.3 Å². The number of hydrogen-bond donors (Lipinski definition) is 5. The molecule has 1 rings (SSSR count). The molecule has 0 aromatic carbocycles. The Morgan fingerprint density at radius 3 is 1.33 bits per heavy atom. The van der Waals surface area contributed by atoms with Gasteiger partial charge >= 0.3 is 0 Å². The highest BCUT2D eigenvalue weighted by atomic mass is 16.5. The molecule has 1 fully saturated rings. The number of carbonyl (C=O) groups excluding carboxylic acids is 11. The van der Waals surface area contributed by atoms with Gasteiger partial charge in [0.25, 0.3) is 0 Å². The molecule has 0 aromatic heterocycles. The van der Waals surface area contributed by atoms with Gasteiger partial charge in [-0.15, -0.1) is 0 Å². The van der Waals surface area contributed by atoms with Crippen LogP contribution >= 0.6 is 0 Å². The molecule has 1 aliphatic heterocycles. The summed E-state index contributed by atoms with van der Waals surface area (Å²) in [6, 6.07) is -14.1. The summed E-state index contributed by atoms with van der Waals surface area (Å²) in [6.45, 7) is 36.3. The maximum atomic E-state index is 15.4. The Morgan fingerprint density at radius 1 is 0.463 bits per heavy atom. The van der Waals surface area contributed by atoms with Gasteiger partial charge in [-0.3, -0.25) is 52.7 Å². The van der Waals surface area contributed by atoms with Crippen molar-refractivity contribution in [2.45, 2.75) is 249 Å². The molecule has 95 heavy (non-hydrogen) atoms. The summed E-state index contributed by atoms with van der Waals surface area (Å²) in [6.07, 6.45) is 3.47. The van der Waals surface area contributed by atoms with Crippen molar-refractivity contribution >= 4 is 65.0 Å². The van der Waals surface area contributed by atoms with E-state index in [0.717, 1.165) is 18.0 Å². The Kier molecular flexibility index (Phi) is 37.6. The third-order valence-corrected chi connectivity index (χ3v) is 18.3. The molecule has 1 aliphatic rings. The van der Waals surface area contributed by atoms with Gasteiger partial charge in [-0.1, -0.05) is 123 Å². The molecule has 0 radical (unpaired) electrons. The first-order valence-electron chi connectivity index (χ1n) is 34.8. The van der Waals surface area contributed by atoms with Gasteiger partial charge in [0.15, 0.2) is 0 Å². The molecule has 13 atom stereocenters. The molecule has 25 heteroatoms. The molecule has 0 bridgehead atoms. The predicted octanol–water partition coefficient (Wildman–Crippen LogP) is 4.39. The third kappa shape index (κ3) is 25.3. The summed E-state index contributed by atoms with van der Waals surface area (Å²) in [5.74, 6) is -10.1. The lowest BCUT2D eigenvalue weighted by molar-refractivity contribution is -0.157. The fraction of sp³-hybridized carbons (Fsp3) is 0.814. The molecule has 1 saturated heterocycles. The maximum absolute atomic E-state index is 15.4. The average Bonchev–Trinajstić information content (AvgIpc) is 0.947. The zero-order valence-electron chi connectivity index (χ0n) is 63.0. The van der Waals surface area contributed by atoms with Crippen molar-refractivity contribution in [1.82, 2.24) is 60.5 Å². The highest BCUT2D eigenvalue weighted by Gasteiger charge is 2.46. The van der Waals surface area contributed by atoms with Crippen molar-refractivity contribution in [3.8, 4) is 0 Å². The SMILES string of the molecule is CC=CC[C@@H](C)[C@@H](O)[C@H]1C(=O)N[C@@H](CC)C(=O)N(C)[C@H](COCCCN(CC)CC)C(=O)N(C)[C@@H](CC(C)C)C(=O)N[C@@H](C(C)C)C(=O)N(C)[C@@H](CC(C)C)C(=O)N[C@@H](C)C(=O)N[C@H](C)C(=O)N(C)[C@@H](CC(C)C)C(=O)N(C)[C@@H](CC(C)C)C(=O)N(C)[C@@H](C(C)C)C(=O)N1C. The van der Waals surface area contributed by atoms with Crippen LogP contribution in [-0.2, 0) is 57.5 Å². The van der Waals surface area contributed by atoms with Crippen LogP contribution in [0.2, 0.25) is 0 Å². The van der Waals surface area contributed by atoms with Gasteiger partial charge in [0.2, 0.25) is 65.0 Å². The first-order chi connectivity index (χ1) is 44.1. The first kappa shape index (κ1) is 86.8. The Balaban J connectivity index is 4.55. The van der Waals surface area contributed by atoms with Gasteiger partial charge < -0.3 is 70.3 Å². The number of aliphatic hydroxyl groups is 1. The standard InChI is InChI=1S/C70H128N12O13/c1-27-31-33-47(17)59(83)58-63(87)73-50(28-2)65(89)79(24)55(40-95-35-32-34-82(29-3)30-4)68(92)75(20)52(37-42(7)8)62(86)74-56(45(13)14)69(93)76(21)51(36-41(5)6)61(85)71-48(18)60(84)72-49(19)64(88)77(22)53(38-43(9)10)66(90)78(23)54(39-44(11)12)67(91)80(25)57(46(15)16)70(94)81(58)26/h27,31,41-59,83H,28-30,32-40H2,1-26H3,(H,71,85)(H,72,84)(H,73,87)(H,74,86)/t47-,48+,49-,50+,51+,52+,53+,54+,55-,56+,57+,58+,59-/m1/s1. The van der Waals surface area contributed by atoms with Crippen LogP contribution in [0.5, 0.6) is 0 Å². The van der Waals surface area contributed by atoms with Gasteiger partial charge in [-0.2, -0.15) is 0 Å². The summed E-state index contributed by atoms with van der Waals surface area (Å²) >= 11 is 0. The number of nitrogens with one attached hydrogen (secondary N) is 4. The lowest BCUT2D eigenvalue weighted by atomic mass is 9.91. The largest absolute Gasteiger partial charge is 0.390 e. The Hall–Kier alpha value is -6.21. The zero-order valence-corrected chi connectivity index (χ0v) is 63.0. The number of carbonyl (C=O) groups is 11. The van der Waals surface area contributed by atoms with Crippen LogP contribution in [0.4, 0.5) is 0 Å². The maximum Gasteiger partial charge on any atom is 0.248 e. The van der Waals surface area contributed by atoms with Crippen molar-refractivity contribution in [3.05, 3.63) is 12.2 Å². The van der Waals surface area contributed by atoms with Crippen molar-refractivity contribution in [2.75, 3.05) is 82.2 Å². The van der Waals surface area contributed by atoms with Gasteiger partial charge in [-0.25, -0.2) is 0 Å². The first-order valence-corrected chi connectivity index (χ1v) is 34.8. The molecular formula is C70H128N12O13. The van der Waals surface area contributed by atoms with Crippen LogP contribution in [0.15, 0.2) is 12.2 Å². The summed E-state index contributed by atoms with van der Waals surface area (Å²) in [5.41, 5.74) is 0. The molecule has 0 aliphatic carbocycles. The van der Waals surface area contributed by atoms with E-state index in [-0.39, 0.29) is 69.0 Å². The van der Waals surface area contributed by atoms with E-state index in [4.69, 9.17) is 4.74 Å². The smallest absolute Gasteiger partial charge is 0.248 e. The number of rotatable bonds is 23. The van der Waals surface area contributed by atoms with Gasteiger partial charge in [-0.05, 0) is 120 Å². The molecule has 546 valence electrons. The average molecular weight is 1350 g/mol. The zero-order chi connectivity index (χ0) is 73.4. The number of nitrogens with zero attached hydrogens (tertiary/aromatic N) is 8. The number of ether oxygens (including phenoxy) is 1. The fourth-order valence-electron chi connectivity index (χ4n) is 12.1. The van der Waals surface area contributed by atoms with Gasteiger partial charge in [0.05, 0.1) is 12.7 Å². The van der Waals surface area contributed by atoms with Crippen molar-refractivity contribution < 1.29 is 62.6 Å². The topological polar surface area (TPSA) is 291 Å². The monoisotopic (exact) mass is 1340 g/mol. The fourth-order valence-corrected chi connectivity index (χ4v) is 12.1. The van der Waals surface area contributed by atoms with Crippen molar-refractivity contribution in [3.63, 3.8) is 0 Å². The summed E-state index contributed by atoms with van der Waals surface area (Å²) < 4.78 is 6.22. The minimum Gasteiger partial charge on any atom is -0.390 e. The lowest BCUT2D eigenvalue weighted by Crippen LogP contribution is -2.64. The minimum atomic E-state index is -1.65. The highest BCUT2D eigenvalue weighted by Crippen LogP contribution is 2.26. The van der Waals surface area contributed by atoms with E-state index in [1.54, 1.807) is 54.5 Å². The van der Waals surface area contributed by atoms with E-state index < -0.39 is 155 Å². The second-order valence-electron chi connectivity index (χ2n) is 28.8. The van der Waals surface area contributed by atoms with E-state index in [2.05, 4.69) is 26.2 Å². The van der Waals surface area contributed by atoms with E-state index in [1.807, 2.05) is 75.3 Å². The summed E-state index contributed by atoms with van der Waals surface area (Å²) in [5, 5.41) is 23.5. The highest BCUT2D eigenvalue weighted by molar-refractivity contribution is 6.00. The number of hydrogen-bond acceptors (Lipinski definition) is 14. The molecule has 0 aromatic rings. The molecule has 0 unspecified atom stereocenters. The quantitative estimate of drug-likeness (QED) is 0.0701. The number of likely N-dealkylation sites (N-methyl/N-ethyl adjacent to an activating group) is 7. The number of aliphatic hydroxyl groups excluding tert-OH is 1. The molecule has 11 amide bonds. The van der Waals surface area contributed by atoms with E-state index in [1.165, 1.54) is 92.6 Å².